The van der Waals surface area contributed by atoms with E-state index in [-0.39, 0.29) is 39.5 Å². The van der Waals surface area contributed by atoms with Gasteiger partial charge in [-0.2, -0.15) is 0 Å². The molecule has 8 atom stereocenters. The van der Waals surface area contributed by atoms with E-state index in [2.05, 4.69) is 18.8 Å². The third-order valence-corrected chi connectivity index (χ3v) is 9.14. The molecule has 1 heterocycles. The normalized spacial score (nSPS) is 43.9. The van der Waals surface area contributed by atoms with Crippen molar-refractivity contribution in [3.63, 3.8) is 0 Å². The molecule has 0 saturated heterocycles. The van der Waals surface area contributed by atoms with Gasteiger partial charge >= 0.3 is 0 Å². The molecule has 2 fully saturated rings. The largest absolute Gasteiger partial charge is 0.465 e. The molecule has 172 valence electrons. The lowest BCUT2D eigenvalue weighted by Crippen LogP contribution is -2.66. The fourth-order valence-corrected chi connectivity index (χ4v) is 7.33. The predicted octanol–water partition coefficient (Wildman–Crippen LogP) is 2.95. The average Bonchev–Trinajstić information content (AvgIpc) is 3.23. The first-order chi connectivity index (χ1) is 15.0. The summed E-state index contributed by atoms with van der Waals surface area (Å²) >= 11 is 6.27. The zero-order valence-electron chi connectivity index (χ0n) is 18.7. The van der Waals surface area contributed by atoms with Crippen LogP contribution in [0.1, 0.15) is 34.1 Å². The Morgan fingerprint density at radius 2 is 2.06 bits per heavy atom. The number of aliphatic hydroxyl groups is 3. The number of fused-ring (bicyclic) bond motifs is 3. The van der Waals surface area contributed by atoms with Crippen molar-refractivity contribution < 1.29 is 24.9 Å². The molecule has 2 bridgehead atoms. The number of ether oxygens (including phenoxy) is 1. The Hall–Kier alpha value is -1.73. The quantitative estimate of drug-likeness (QED) is 0.601. The van der Waals surface area contributed by atoms with E-state index in [0.717, 1.165) is 6.42 Å². The number of carbonyl (C=O) groups is 1. The second kappa shape index (κ2) is 6.89. The highest BCUT2D eigenvalue weighted by Crippen LogP contribution is 2.71. The van der Waals surface area contributed by atoms with Gasteiger partial charge in [0.1, 0.15) is 11.1 Å². The molecule has 3 N–H and O–H groups in total. The van der Waals surface area contributed by atoms with Gasteiger partial charge in [0.2, 0.25) is 5.88 Å². The van der Waals surface area contributed by atoms with Crippen LogP contribution in [-0.4, -0.2) is 50.5 Å². The molecule has 1 unspecified atom stereocenters. The maximum Gasteiger partial charge on any atom is 0.233 e. The fraction of sp³-hybridized carbons (Fsp3) is 0.600. The van der Waals surface area contributed by atoms with E-state index in [1.54, 1.807) is 25.1 Å². The predicted molar refractivity (Wildman–Crippen MR) is 119 cm³/mol. The van der Waals surface area contributed by atoms with Gasteiger partial charge in [-0.25, -0.2) is 4.98 Å². The molecular formula is C25H30ClNO5. The number of nitrogens with zero attached hydrogens (tertiary/aromatic N) is 1. The van der Waals surface area contributed by atoms with Crippen molar-refractivity contribution >= 4 is 17.4 Å². The molecule has 4 aliphatic carbocycles. The van der Waals surface area contributed by atoms with Crippen LogP contribution in [0.25, 0.3) is 0 Å². The lowest BCUT2D eigenvalue weighted by Gasteiger charge is -2.49. The Labute approximate surface area is 193 Å². The van der Waals surface area contributed by atoms with Crippen LogP contribution >= 0.6 is 11.6 Å². The Balaban J connectivity index is 1.70. The van der Waals surface area contributed by atoms with Gasteiger partial charge in [0.05, 0.1) is 12.0 Å². The average molecular weight is 460 g/mol. The highest BCUT2D eigenvalue weighted by molar-refractivity contribution is 6.31. The summed E-state index contributed by atoms with van der Waals surface area (Å²) in [5, 5.41) is 34.3. The number of Topliss-reactive ketones (excluding diaryl/α,β-unsaturated/α-hetero) is 1. The van der Waals surface area contributed by atoms with E-state index < -0.39 is 35.7 Å². The molecule has 2 saturated carbocycles. The molecule has 32 heavy (non-hydrogen) atoms. The standard InChI is InChI=1S/C25H30ClNO5/c1-12-10-24-13(2)8-16-18(23(16,3)4)15(20(24)30)9-14(11-28)19(29)25(24,31)21(12)32-22-17(26)6-5-7-27-22/h5-7,9-10,13,15-16,18-19,21,28-29,31H,8,11H2,1-4H3/t13-,15+,16-,18+,19-,21+,24?,25+/m1/s1. The molecule has 6 nitrogen and oxygen atoms in total. The van der Waals surface area contributed by atoms with Crippen LogP contribution in [0.4, 0.5) is 0 Å². The van der Waals surface area contributed by atoms with E-state index in [1.165, 1.54) is 6.20 Å². The number of allylic oxidation sites excluding steroid dienone is 1. The third-order valence-electron chi connectivity index (χ3n) is 8.85. The van der Waals surface area contributed by atoms with Gasteiger partial charge in [0.25, 0.3) is 0 Å². The highest BCUT2D eigenvalue weighted by atomic mass is 35.5. The van der Waals surface area contributed by atoms with Crippen LogP contribution in [0.5, 0.6) is 5.88 Å². The van der Waals surface area contributed by atoms with Crippen molar-refractivity contribution in [2.24, 2.45) is 34.5 Å². The lowest BCUT2D eigenvalue weighted by atomic mass is 9.59. The van der Waals surface area contributed by atoms with Crippen molar-refractivity contribution in [1.82, 2.24) is 4.98 Å². The molecule has 0 aliphatic heterocycles. The fourth-order valence-electron chi connectivity index (χ4n) is 7.16. The number of aromatic nitrogens is 1. The summed E-state index contributed by atoms with van der Waals surface area (Å²) in [5.74, 6) is -0.245. The maximum atomic E-state index is 14.3. The van der Waals surface area contributed by atoms with Gasteiger partial charge in [-0.15, -0.1) is 0 Å². The number of halogens is 1. The summed E-state index contributed by atoms with van der Waals surface area (Å²) in [6.45, 7) is 7.66. The van der Waals surface area contributed by atoms with Gasteiger partial charge in [0, 0.05) is 12.1 Å². The summed E-state index contributed by atoms with van der Waals surface area (Å²) in [6.07, 6.45) is 3.28. The number of aliphatic hydroxyl groups excluding tert-OH is 2. The van der Waals surface area contributed by atoms with E-state index in [0.29, 0.717) is 11.5 Å². The summed E-state index contributed by atoms with van der Waals surface area (Å²) in [6, 6.07) is 3.30. The summed E-state index contributed by atoms with van der Waals surface area (Å²) < 4.78 is 6.13. The van der Waals surface area contributed by atoms with Crippen LogP contribution in [0, 0.1) is 34.5 Å². The third kappa shape index (κ3) is 2.52. The monoisotopic (exact) mass is 459 g/mol. The van der Waals surface area contributed by atoms with E-state index >= 15 is 0 Å². The molecule has 0 amide bonds. The van der Waals surface area contributed by atoms with E-state index in [1.807, 2.05) is 13.0 Å². The summed E-state index contributed by atoms with van der Waals surface area (Å²) in [4.78, 5) is 18.5. The first-order valence-corrected chi connectivity index (χ1v) is 11.6. The number of hydrogen-bond donors (Lipinski definition) is 3. The van der Waals surface area contributed by atoms with Crippen molar-refractivity contribution in [3.05, 3.63) is 46.7 Å². The molecule has 4 aliphatic rings. The van der Waals surface area contributed by atoms with Crippen molar-refractivity contribution in [1.29, 1.82) is 0 Å². The van der Waals surface area contributed by atoms with Crippen LogP contribution in [0.2, 0.25) is 5.02 Å². The van der Waals surface area contributed by atoms with Gasteiger partial charge in [-0.1, -0.05) is 44.5 Å². The molecule has 1 spiro atoms. The second-order valence-corrected chi connectivity index (χ2v) is 11.1. The number of pyridine rings is 1. The number of carbonyl (C=O) groups excluding carboxylic acids is 1. The van der Waals surface area contributed by atoms with E-state index in [9.17, 15) is 20.1 Å². The van der Waals surface area contributed by atoms with E-state index in [4.69, 9.17) is 16.3 Å². The van der Waals surface area contributed by atoms with Gasteiger partial charge in [-0.05, 0) is 59.8 Å². The Morgan fingerprint density at radius 3 is 2.72 bits per heavy atom. The molecule has 0 radical (unpaired) electrons. The van der Waals surface area contributed by atoms with Gasteiger partial charge < -0.3 is 20.1 Å². The minimum atomic E-state index is -2.00. The zero-order valence-corrected chi connectivity index (χ0v) is 19.5. The zero-order chi connectivity index (χ0) is 23.2. The van der Waals surface area contributed by atoms with Gasteiger partial charge in [0.15, 0.2) is 17.5 Å². The number of hydrogen-bond acceptors (Lipinski definition) is 6. The molecule has 1 aromatic rings. The SMILES string of the molecule is CC1=CC23C(=O)[C@@H](C=C(CO)[C@@H](O)[C@]2(O)[C@H]1Oc1ncccc1Cl)[C@H]1[C@@H](C[C@H]3C)C1(C)C. The Bertz CT molecular complexity index is 1050. The Morgan fingerprint density at radius 1 is 1.34 bits per heavy atom. The lowest BCUT2D eigenvalue weighted by molar-refractivity contribution is -0.186. The molecule has 1 aromatic heterocycles. The first kappa shape index (κ1) is 22.1. The molecular weight excluding hydrogens is 430 g/mol. The number of rotatable bonds is 3. The van der Waals surface area contributed by atoms with Crippen LogP contribution in [0.15, 0.2) is 41.6 Å². The molecule has 5 rings (SSSR count). The van der Waals surface area contributed by atoms with Crippen molar-refractivity contribution in [2.75, 3.05) is 6.61 Å². The maximum absolute atomic E-state index is 14.3. The second-order valence-electron chi connectivity index (χ2n) is 10.7. The molecule has 0 aromatic carbocycles. The van der Waals surface area contributed by atoms with Gasteiger partial charge in [-0.3, -0.25) is 4.79 Å². The Kier molecular flexibility index (Phi) is 4.75. The summed E-state index contributed by atoms with van der Waals surface area (Å²) in [7, 11) is 0. The smallest absolute Gasteiger partial charge is 0.233 e. The molecule has 7 heteroatoms. The van der Waals surface area contributed by atoms with Crippen LogP contribution < -0.4 is 4.74 Å². The minimum absolute atomic E-state index is 0.00454. The highest BCUT2D eigenvalue weighted by Gasteiger charge is 2.76. The van der Waals surface area contributed by atoms with Crippen LogP contribution in [-0.2, 0) is 4.79 Å². The minimum Gasteiger partial charge on any atom is -0.465 e. The van der Waals surface area contributed by atoms with Crippen LogP contribution in [0.3, 0.4) is 0 Å². The van der Waals surface area contributed by atoms with Crippen molar-refractivity contribution in [2.45, 2.75) is 51.9 Å². The topological polar surface area (TPSA) is 99.9 Å². The first-order valence-electron chi connectivity index (χ1n) is 11.2. The summed E-state index contributed by atoms with van der Waals surface area (Å²) in [5.41, 5.74) is -2.45. The van der Waals surface area contributed by atoms with Crippen molar-refractivity contribution in [3.8, 4) is 5.88 Å². The number of ketones is 1.